The number of esters is 1. The highest BCUT2D eigenvalue weighted by molar-refractivity contribution is 5.76. The van der Waals surface area contributed by atoms with Crippen LogP contribution in [0.3, 0.4) is 0 Å². The number of aliphatic hydroxyl groups excluding tert-OH is 2. The van der Waals surface area contributed by atoms with Gasteiger partial charge in [-0.25, -0.2) is 0 Å². The van der Waals surface area contributed by atoms with E-state index in [1.54, 1.807) is 6.08 Å². The van der Waals surface area contributed by atoms with Crippen molar-refractivity contribution in [1.29, 1.82) is 0 Å². The number of ether oxygens (including phenoxy) is 1. The normalized spacial score (nSPS) is 12.4. The summed E-state index contributed by atoms with van der Waals surface area (Å²) >= 11 is 0. The third-order valence-corrected chi connectivity index (χ3v) is 20.3. The van der Waals surface area contributed by atoms with Gasteiger partial charge in [0.25, 0.3) is 0 Å². The summed E-state index contributed by atoms with van der Waals surface area (Å²) in [5, 5.41) is 23.3. The zero-order valence-corrected chi connectivity index (χ0v) is 62.4. The molecule has 91 heavy (non-hydrogen) atoms. The summed E-state index contributed by atoms with van der Waals surface area (Å²) in [4.78, 5) is 24.6. The average Bonchev–Trinajstić information content (AvgIpc) is 3.74. The van der Waals surface area contributed by atoms with E-state index < -0.39 is 12.1 Å². The van der Waals surface area contributed by atoms with Gasteiger partial charge in [0.2, 0.25) is 5.91 Å². The second-order valence-electron chi connectivity index (χ2n) is 29.5. The van der Waals surface area contributed by atoms with E-state index in [4.69, 9.17) is 4.74 Å². The molecule has 6 heteroatoms. The summed E-state index contributed by atoms with van der Waals surface area (Å²) in [7, 11) is 0. The minimum absolute atomic E-state index is 0.0258. The van der Waals surface area contributed by atoms with Crippen molar-refractivity contribution in [3.8, 4) is 0 Å². The fraction of sp³-hybridized carbons (Fsp3) is 0.953. The zero-order valence-electron chi connectivity index (χ0n) is 62.4. The molecule has 0 rings (SSSR count). The quantitative estimate of drug-likeness (QED) is 0.0320. The molecule has 0 heterocycles. The molecule has 0 aromatic carbocycles. The lowest BCUT2D eigenvalue weighted by Crippen LogP contribution is -2.45. The van der Waals surface area contributed by atoms with Crippen LogP contribution in [0.25, 0.3) is 0 Å². The van der Waals surface area contributed by atoms with Crippen LogP contribution >= 0.6 is 0 Å². The smallest absolute Gasteiger partial charge is 0.305 e. The lowest BCUT2D eigenvalue weighted by molar-refractivity contribution is -0.143. The molecule has 1 amide bonds. The number of allylic oxidation sites excluding steroid dienone is 1. The number of hydrogen-bond acceptors (Lipinski definition) is 5. The van der Waals surface area contributed by atoms with Crippen molar-refractivity contribution >= 4 is 11.9 Å². The van der Waals surface area contributed by atoms with Crippen LogP contribution in [-0.2, 0) is 14.3 Å². The van der Waals surface area contributed by atoms with Crippen LogP contribution in [0.1, 0.15) is 495 Å². The molecule has 2 atom stereocenters. The van der Waals surface area contributed by atoms with Gasteiger partial charge in [-0.05, 0) is 32.1 Å². The first-order chi connectivity index (χ1) is 45.0. The Morgan fingerprint density at radius 2 is 0.505 bits per heavy atom. The number of nitrogens with one attached hydrogen (secondary N) is 1. The number of carbonyl (C=O) groups excluding carboxylic acids is 2. The number of hydrogen-bond donors (Lipinski definition) is 3. The molecular weight excluding hydrogens is 1110 g/mol. The van der Waals surface area contributed by atoms with Crippen LogP contribution in [0.5, 0.6) is 0 Å². The number of carbonyl (C=O) groups is 2. The van der Waals surface area contributed by atoms with E-state index in [2.05, 4.69) is 19.2 Å². The molecule has 3 N–H and O–H groups in total. The van der Waals surface area contributed by atoms with Crippen LogP contribution in [0.2, 0.25) is 0 Å². The molecular formula is C85H167NO5. The van der Waals surface area contributed by atoms with E-state index in [-0.39, 0.29) is 18.5 Å². The molecule has 542 valence electrons. The first-order valence-corrected chi connectivity index (χ1v) is 42.5. The third kappa shape index (κ3) is 77.5. The third-order valence-electron chi connectivity index (χ3n) is 20.3. The molecule has 0 radical (unpaired) electrons. The molecule has 6 nitrogen and oxygen atoms in total. The van der Waals surface area contributed by atoms with Crippen molar-refractivity contribution in [2.24, 2.45) is 0 Å². The van der Waals surface area contributed by atoms with Crippen LogP contribution in [0.15, 0.2) is 12.2 Å². The molecule has 0 aliphatic rings. The summed E-state index contributed by atoms with van der Waals surface area (Å²) in [5.74, 6) is -0.0302. The van der Waals surface area contributed by atoms with Gasteiger partial charge < -0.3 is 20.3 Å². The fourth-order valence-electron chi connectivity index (χ4n) is 13.9. The average molecular weight is 1280 g/mol. The summed E-state index contributed by atoms with van der Waals surface area (Å²) < 4.78 is 5.49. The molecule has 0 aromatic rings. The number of unbranched alkanes of at least 4 members (excludes halogenated alkanes) is 70. The van der Waals surface area contributed by atoms with Gasteiger partial charge >= 0.3 is 5.97 Å². The highest BCUT2D eigenvalue weighted by atomic mass is 16.5. The molecule has 0 saturated heterocycles. The van der Waals surface area contributed by atoms with Crippen molar-refractivity contribution in [2.75, 3.05) is 13.2 Å². The van der Waals surface area contributed by atoms with Gasteiger partial charge in [0, 0.05) is 12.8 Å². The van der Waals surface area contributed by atoms with Crippen LogP contribution < -0.4 is 5.32 Å². The lowest BCUT2D eigenvalue weighted by atomic mass is 10.0. The Labute approximate surface area is 571 Å². The van der Waals surface area contributed by atoms with E-state index in [9.17, 15) is 19.8 Å². The van der Waals surface area contributed by atoms with Gasteiger partial charge in [0.1, 0.15) is 0 Å². The van der Waals surface area contributed by atoms with E-state index >= 15 is 0 Å². The molecule has 0 bridgehead atoms. The summed E-state index contributed by atoms with van der Waals surface area (Å²) in [5.41, 5.74) is 0. The molecule has 0 fully saturated rings. The first-order valence-electron chi connectivity index (χ1n) is 42.5. The summed E-state index contributed by atoms with van der Waals surface area (Å²) in [6, 6.07) is -0.624. The van der Waals surface area contributed by atoms with Gasteiger partial charge in [-0.3, -0.25) is 9.59 Å². The number of amides is 1. The SMILES string of the molecule is CCCCCCCCCCCCCCCCCCCCCCC/C=C/C(O)C(CO)NC(=O)CCCCCCCCCCCCCCCCCCCCCCCCCCCCCCCCCCCCCCCCCOC(=O)CCCCCCCCCCCCCC. The Hall–Kier alpha value is -1.40. The van der Waals surface area contributed by atoms with Gasteiger partial charge in [0.15, 0.2) is 0 Å². The molecule has 0 aromatic heterocycles. The Kier molecular flexibility index (Phi) is 79.8. The van der Waals surface area contributed by atoms with Gasteiger partial charge in [-0.2, -0.15) is 0 Å². The van der Waals surface area contributed by atoms with Crippen LogP contribution in [0.4, 0.5) is 0 Å². The maximum absolute atomic E-state index is 12.6. The van der Waals surface area contributed by atoms with Gasteiger partial charge in [-0.15, -0.1) is 0 Å². The van der Waals surface area contributed by atoms with Gasteiger partial charge in [0.05, 0.1) is 25.4 Å². The maximum Gasteiger partial charge on any atom is 0.305 e. The van der Waals surface area contributed by atoms with Crippen molar-refractivity contribution < 1.29 is 24.5 Å². The largest absolute Gasteiger partial charge is 0.466 e. The van der Waals surface area contributed by atoms with E-state index in [1.807, 2.05) is 6.08 Å². The van der Waals surface area contributed by atoms with Crippen molar-refractivity contribution in [3.63, 3.8) is 0 Å². The Morgan fingerprint density at radius 3 is 0.747 bits per heavy atom. The highest BCUT2D eigenvalue weighted by Crippen LogP contribution is 2.21. The molecule has 0 spiro atoms. The van der Waals surface area contributed by atoms with Gasteiger partial charge in [-0.1, -0.05) is 463 Å². The molecule has 0 aliphatic carbocycles. The molecule has 0 saturated carbocycles. The maximum atomic E-state index is 12.6. The summed E-state index contributed by atoms with van der Waals surface area (Å²) in [6.07, 6.45) is 104. The highest BCUT2D eigenvalue weighted by Gasteiger charge is 2.18. The first kappa shape index (κ1) is 89.6. The zero-order chi connectivity index (χ0) is 65.6. The fourth-order valence-corrected chi connectivity index (χ4v) is 13.9. The Balaban J connectivity index is 3.32. The lowest BCUT2D eigenvalue weighted by Gasteiger charge is -2.20. The van der Waals surface area contributed by atoms with Crippen molar-refractivity contribution in [3.05, 3.63) is 12.2 Å². The predicted molar refractivity (Wildman–Crippen MR) is 403 cm³/mol. The minimum Gasteiger partial charge on any atom is -0.466 e. The topological polar surface area (TPSA) is 95.9 Å². The summed E-state index contributed by atoms with van der Waals surface area (Å²) in [6.45, 7) is 4.97. The number of aliphatic hydroxyl groups is 2. The Morgan fingerprint density at radius 1 is 0.297 bits per heavy atom. The van der Waals surface area contributed by atoms with Crippen molar-refractivity contribution in [2.45, 2.75) is 508 Å². The van der Waals surface area contributed by atoms with Crippen LogP contribution in [0, 0.1) is 0 Å². The molecule has 0 aliphatic heterocycles. The minimum atomic E-state index is -0.841. The Bertz CT molecular complexity index is 1380. The number of rotatable bonds is 81. The predicted octanol–water partition coefficient (Wildman–Crippen LogP) is 28.2. The monoisotopic (exact) mass is 1280 g/mol. The van der Waals surface area contributed by atoms with Crippen molar-refractivity contribution in [1.82, 2.24) is 5.32 Å². The second-order valence-corrected chi connectivity index (χ2v) is 29.5. The second kappa shape index (κ2) is 81.0. The van der Waals surface area contributed by atoms with E-state index in [0.29, 0.717) is 19.4 Å². The van der Waals surface area contributed by atoms with Crippen LogP contribution in [-0.4, -0.2) is 47.4 Å². The van der Waals surface area contributed by atoms with E-state index in [1.165, 1.54) is 430 Å². The standard InChI is InChI=1S/C85H167NO5/c1-3-5-7-9-11-13-15-17-18-19-20-21-39-42-45-48-51-54-57-61-65-69-73-77-83(88)82(81-87)86-84(89)78-74-70-66-62-58-55-52-49-46-43-40-37-35-33-31-29-27-25-23-22-24-26-28-30-32-34-36-38-41-44-47-50-53-56-60-64-68-72-76-80-91-85(90)79-75-71-67-63-59-16-14-12-10-8-6-4-2/h73,77,82-83,87-88H,3-72,74-76,78-81H2,1-2H3,(H,86,89)/b77-73+. The molecule has 2 unspecified atom stereocenters. The van der Waals surface area contributed by atoms with E-state index in [0.717, 1.165) is 38.5 Å².